The normalized spacial score (nSPS) is 13.7. The van der Waals surface area contributed by atoms with Crippen molar-refractivity contribution in [1.82, 2.24) is 4.72 Å². The third-order valence-electron chi connectivity index (χ3n) is 3.76. The number of halogens is 1. The molecule has 0 amide bonds. The molecule has 1 atom stereocenters. The maximum atomic E-state index is 14.9. The molecular weight excluding hydrogens is 337 g/mol. The van der Waals surface area contributed by atoms with E-state index in [1.807, 2.05) is 48.5 Å². The van der Waals surface area contributed by atoms with Gasteiger partial charge in [0.1, 0.15) is 18.0 Å². The van der Waals surface area contributed by atoms with Crippen molar-refractivity contribution in [2.24, 2.45) is 0 Å². The first-order chi connectivity index (χ1) is 11.9. The van der Waals surface area contributed by atoms with Crippen molar-refractivity contribution in [3.05, 3.63) is 54.1 Å². The Bertz CT molecular complexity index is 642. The Morgan fingerprint density at radius 2 is 1.64 bits per heavy atom. The van der Waals surface area contributed by atoms with Crippen LogP contribution in [-0.4, -0.2) is 30.1 Å². The number of rotatable bonds is 9. The van der Waals surface area contributed by atoms with E-state index in [2.05, 4.69) is 18.6 Å². The van der Waals surface area contributed by atoms with Gasteiger partial charge in [-0.25, -0.2) is 4.39 Å². The molecule has 0 fully saturated rings. The molecule has 0 saturated carbocycles. The van der Waals surface area contributed by atoms with Crippen LogP contribution in [0.1, 0.15) is 26.3 Å². The Morgan fingerprint density at radius 1 is 1.08 bits per heavy atom. The molecule has 0 radical (unpaired) electrons. The maximum Gasteiger partial charge on any atom is 0.146 e. The van der Waals surface area contributed by atoms with Gasteiger partial charge < -0.3 is 9.84 Å². The fourth-order valence-electron chi connectivity index (χ4n) is 2.36. The molecule has 0 aliphatic rings. The molecule has 2 N–H and O–H groups in total. The van der Waals surface area contributed by atoms with Crippen LogP contribution in [0.3, 0.4) is 0 Å². The summed E-state index contributed by atoms with van der Waals surface area (Å²) in [7, 11) is 0. The second-order valence-electron chi connectivity index (χ2n) is 6.36. The number of ether oxygens (including phenoxy) is 1. The van der Waals surface area contributed by atoms with Gasteiger partial charge in [-0.3, -0.25) is 4.72 Å². The molecule has 25 heavy (non-hydrogen) atoms. The van der Waals surface area contributed by atoms with E-state index < -0.39 is 5.67 Å². The van der Waals surface area contributed by atoms with Gasteiger partial charge in [0.05, 0.1) is 6.61 Å². The van der Waals surface area contributed by atoms with Crippen molar-refractivity contribution in [2.45, 2.75) is 31.7 Å². The van der Waals surface area contributed by atoms with Gasteiger partial charge in [-0.15, -0.1) is 0 Å². The zero-order chi connectivity index (χ0) is 18.3. The smallest absolute Gasteiger partial charge is 0.146 e. The van der Waals surface area contributed by atoms with E-state index in [0.29, 0.717) is 10.8 Å². The Kier molecular flexibility index (Phi) is 7.29. The van der Waals surface area contributed by atoms with Gasteiger partial charge in [0, 0.05) is 11.8 Å². The maximum absolute atomic E-state index is 14.9. The predicted molar refractivity (Wildman–Crippen MR) is 104 cm³/mol. The van der Waals surface area contributed by atoms with Crippen LogP contribution in [0.15, 0.2) is 48.5 Å². The van der Waals surface area contributed by atoms with Crippen molar-refractivity contribution in [3.8, 4) is 16.9 Å². The number of aliphatic hydroxyl groups excluding tert-OH is 1. The summed E-state index contributed by atoms with van der Waals surface area (Å²) in [6.07, 6.45) is 0. The molecule has 2 aromatic carbocycles. The lowest BCUT2D eigenvalue weighted by Gasteiger charge is -2.22. The van der Waals surface area contributed by atoms with Crippen molar-refractivity contribution < 1.29 is 14.2 Å². The lowest BCUT2D eigenvalue weighted by molar-refractivity contribution is 0.198. The van der Waals surface area contributed by atoms with Crippen LogP contribution in [0.4, 0.5) is 4.39 Å². The summed E-state index contributed by atoms with van der Waals surface area (Å²) in [6, 6.07) is 15.2. The lowest BCUT2D eigenvalue weighted by atomic mass is 9.95. The predicted octanol–water partition coefficient (Wildman–Crippen LogP) is 4.56. The number of aliphatic hydroxyl groups is 1. The molecular formula is C20H26FNO2S. The monoisotopic (exact) mass is 363 g/mol. The molecule has 2 rings (SSSR count). The first-order valence-electron chi connectivity index (χ1n) is 8.44. The molecule has 5 heteroatoms. The van der Waals surface area contributed by atoms with E-state index in [-0.39, 0.29) is 19.8 Å². The molecule has 0 spiro atoms. The summed E-state index contributed by atoms with van der Waals surface area (Å²) in [5.41, 5.74) is 1.31. The molecule has 0 aliphatic heterocycles. The van der Waals surface area contributed by atoms with Crippen LogP contribution in [0, 0.1) is 0 Å². The highest BCUT2D eigenvalue weighted by molar-refractivity contribution is 7.97. The number of alkyl halides is 1. The summed E-state index contributed by atoms with van der Waals surface area (Å²) < 4.78 is 23.3. The minimum absolute atomic E-state index is 0.00422. The molecule has 1 unspecified atom stereocenters. The van der Waals surface area contributed by atoms with E-state index >= 15 is 0 Å². The van der Waals surface area contributed by atoms with Crippen LogP contribution >= 0.6 is 11.9 Å². The summed E-state index contributed by atoms with van der Waals surface area (Å²) >= 11 is 1.54. The van der Waals surface area contributed by atoms with E-state index in [1.165, 1.54) is 0 Å². The molecule has 2 aromatic rings. The fourth-order valence-corrected chi connectivity index (χ4v) is 3.05. The Labute approximate surface area is 153 Å². The van der Waals surface area contributed by atoms with Gasteiger partial charge >= 0.3 is 0 Å². The number of nitrogens with one attached hydrogen (secondary N) is 1. The van der Waals surface area contributed by atoms with Gasteiger partial charge in [-0.1, -0.05) is 62.2 Å². The van der Waals surface area contributed by atoms with Gasteiger partial charge in [0.15, 0.2) is 0 Å². The average Bonchev–Trinajstić information content (AvgIpc) is 2.60. The first kappa shape index (κ1) is 19.8. The highest BCUT2D eigenvalue weighted by atomic mass is 32.2. The van der Waals surface area contributed by atoms with Gasteiger partial charge in [-0.05, 0) is 35.7 Å². The Morgan fingerprint density at radius 3 is 2.16 bits per heavy atom. The molecule has 0 bridgehead atoms. The number of benzene rings is 2. The quantitative estimate of drug-likeness (QED) is 0.641. The van der Waals surface area contributed by atoms with Crippen LogP contribution in [0.25, 0.3) is 11.1 Å². The molecule has 0 aromatic heterocycles. The van der Waals surface area contributed by atoms with E-state index in [0.717, 1.165) is 16.9 Å². The minimum atomic E-state index is -1.41. The molecule has 3 nitrogen and oxygen atoms in total. The Hall–Kier alpha value is -1.56. The van der Waals surface area contributed by atoms with Crippen molar-refractivity contribution in [2.75, 3.05) is 19.8 Å². The van der Waals surface area contributed by atoms with E-state index in [1.54, 1.807) is 18.9 Å². The van der Waals surface area contributed by atoms with Crippen LogP contribution in [0.2, 0.25) is 0 Å². The summed E-state index contributed by atoms with van der Waals surface area (Å²) in [5, 5.41) is 9.19. The van der Waals surface area contributed by atoms with Crippen LogP contribution in [0.5, 0.6) is 5.75 Å². The molecule has 136 valence electrons. The third kappa shape index (κ3) is 6.03. The van der Waals surface area contributed by atoms with Crippen molar-refractivity contribution >= 4 is 11.9 Å². The standard InChI is InChI=1S/C20H26FNO2S/c1-15(2)25-22-14-20(3,21)18-8-4-16(5-9-18)17-6-10-19(11-7-17)24-13-12-23/h4-11,15,22-23H,12-14H2,1-3H3. The highest BCUT2D eigenvalue weighted by Gasteiger charge is 2.25. The highest BCUT2D eigenvalue weighted by Crippen LogP contribution is 2.29. The Balaban J connectivity index is 2.03. The summed E-state index contributed by atoms with van der Waals surface area (Å²) in [5.74, 6) is 0.722. The zero-order valence-electron chi connectivity index (χ0n) is 15.0. The summed E-state index contributed by atoms with van der Waals surface area (Å²) in [6.45, 7) is 6.29. The largest absolute Gasteiger partial charge is 0.491 e. The zero-order valence-corrected chi connectivity index (χ0v) is 15.8. The fraction of sp³-hybridized carbons (Fsp3) is 0.400. The van der Waals surface area contributed by atoms with E-state index in [9.17, 15) is 4.39 Å². The molecule has 0 aliphatic carbocycles. The minimum Gasteiger partial charge on any atom is -0.491 e. The molecule has 0 heterocycles. The van der Waals surface area contributed by atoms with Crippen LogP contribution in [-0.2, 0) is 5.67 Å². The lowest BCUT2D eigenvalue weighted by Crippen LogP contribution is -2.29. The second kappa shape index (κ2) is 9.22. The third-order valence-corrected chi connectivity index (χ3v) is 4.54. The van der Waals surface area contributed by atoms with Gasteiger partial charge in [0.25, 0.3) is 0 Å². The molecule has 0 saturated heterocycles. The topological polar surface area (TPSA) is 41.5 Å². The van der Waals surface area contributed by atoms with Crippen molar-refractivity contribution in [1.29, 1.82) is 0 Å². The van der Waals surface area contributed by atoms with E-state index in [4.69, 9.17) is 9.84 Å². The van der Waals surface area contributed by atoms with Crippen molar-refractivity contribution in [3.63, 3.8) is 0 Å². The van der Waals surface area contributed by atoms with Crippen LogP contribution < -0.4 is 9.46 Å². The number of hydrogen-bond acceptors (Lipinski definition) is 4. The number of hydrogen-bond donors (Lipinski definition) is 2. The SMILES string of the molecule is CC(C)SNCC(C)(F)c1ccc(-c2ccc(OCCO)cc2)cc1. The van der Waals surface area contributed by atoms with Gasteiger partial charge in [-0.2, -0.15) is 0 Å². The average molecular weight is 363 g/mol. The second-order valence-corrected chi connectivity index (χ2v) is 7.83. The first-order valence-corrected chi connectivity index (χ1v) is 9.32. The van der Waals surface area contributed by atoms with Gasteiger partial charge in [0.2, 0.25) is 0 Å². The summed E-state index contributed by atoms with van der Waals surface area (Å²) in [4.78, 5) is 0.